The highest BCUT2D eigenvalue weighted by Crippen LogP contribution is 2.30. The van der Waals surface area contributed by atoms with Crippen molar-refractivity contribution < 1.29 is 18.3 Å². The zero-order chi connectivity index (χ0) is 13.9. The molecular formula is C10H11Cl2NO4S. The summed E-state index contributed by atoms with van der Waals surface area (Å²) in [7, 11) is -3.24. The van der Waals surface area contributed by atoms with E-state index in [4.69, 9.17) is 28.3 Å². The minimum absolute atomic E-state index is 0.0238. The molecule has 1 aromatic rings. The number of nitrogens with one attached hydrogen (secondary N) is 1. The first kappa shape index (κ1) is 15.1. The Kier molecular flexibility index (Phi) is 4.84. The van der Waals surface area contributed by atoms with Crippen LogP contribution in [0.1, 0.15) is 17.3 Å². The number of anilines is 1. The molecule has 2 N–H and O–H groups in total. The summed E-state index contributed by atoms with van der Waals surface area (Å²) in [5, 5.41) is 11.6. The van der Waals surface area contributed by atoms with Crippen molar-refractivity contribution in [3.8, 4) is 0 Å². The van der Waals surface area contributed by atoms with Crippen LogP contribution in [0.15, 0.2) is 12.1 Å². The average Bonchev–Trinajstić information content (AvgIpc) is 2.29. The molecule has 5 nitrogen and oxygen atoms in total. The average molecular weight is 312 g/mol. The molecule has 0 spiro atoms. The lowest BCUT2D eigenvalue weighted by atomic mass is 10.2. The van der Waals surface area contributed by atoms with Gasteiger partial charge in [0, 0.05) is 10.8 Å². The Morgan fingerprint density at radius 1 is 1.39 bits per heavy atom. The standard InChI is InChI=1S/C10H11Cl2NO4S/c1-2-18(16,17)5-13-8-4-6(11)3-7(9(8)12)10(14)15/h3-4,13H,2,5H2,1H3,(H,14,15). The van der Waals surface area contributed by atoms with Gasteiger partial charge in [-0.2, -0.15) is 0 Å². The molecule has 0 aliphatic rings. The molecule has 0 atom stereocenters. The number of sulfone groups is 1. The normalized spacial score (nSPS) is 11.3. The first-order chi connectivity index (χ1) is 8.26. The van der Waals surface area contributed by atoms with Crippen LogP contribution in [0.25, 0.3) is 0 Å². The van der Waals surface area contributed by atoms with Crippen LogP contribution in [0.3, 0.4) is 0 Å². The lowest BCUT2D eigenvalue weighted by molar-refractivity contribution is 0.0697. The van der Waals surface area contributed by atoms with E-state index in [1.54, 1.807) is 0 Å². The van der Waals surface area contributed by atoms with Crippen molar-refractivity contribution in [3.05, 3.63) is 27.7 Å². The first-order valence-corrected chi connectivity index (χ1v) is 7.51. The fraction of sp³-hybridized carbons (Fsp3) is 0.300. The lowest BCUT2D eigenvalue weighted by Gasteiger charge is -2.10. The van der Waals surface area contributed by atoms with E-state index < -0.39 is 15.8 Å². The van der Waals surface area contributed by atoms with E-state index in [2.05, 4.69) is 5.32 Å². The van der Waals surface area contributed by atoms with Gasteiger partial charge in [-0.25, -0.2) is 13.2 Å². The molecule has 8 heteroatoms. The predicted octanol–water partition coefficient (Wildman–Crippen LogP) is 2.50. The third kappa shape index (κ3) is 3.76. The first-order valence-electron chi connectivity index (χ1n) is 4.93. The molecule has 0 aliphatic heterocycles. The fourth-order valence-corrected chi connectivity index (χ4v) is 2.22. The topological polar surface area (TPSA) is 83.5 Å². The molecule has 0 bridgehead atoms. The van der Waals surface area contributed by atoms with Gasteiger partial charge < -0.3 is 10.4 Å². The molecule has 0 amide bonds. The van der Waals surface area contributed by atoms with Crippen LogP contribution in [-0.4, -0.2) is 31.1 Å². The summed E-state index contributed by atoms with van der Waals surface area (Å²) in [6.45, 7) is 1.51. The van der Waals surface area contributed by atoms with Gasteiger partial charge in [0.1, 0.15) is 5.88 Å². The smallest absolute Gasteiger partial charge is 0.337 e. The minimum Gasteiger partial charge on any atom is -0.478 e. The highest BCUT2D eigenvalue weighted by Gasteiger charge is 2.15. The van der Waals surface area contributed by atoms with Crippen molar-refractivity contribution in [1.82, 2.24) is 0 Å². The van der Waals surface area contributed by atoms with Gasteiger partial charge in [-0.3, -0.25) is 0 Å². The number of hydrogen-bond acceptors (Lipinski definition) is 4. The maximum atomic E-state index is 11.3. The SMILES string of the molecule is CCS(=O)(=O)CNc1cc(Cl)cc(C(=O)O)c1Cl. The van der Waals surface area contributed by atoms with Gasteiger partial charge in [0.25, 0.3) is 0 Å². The Morgan fingerprint density at radius 2 is 2.00 bits per heavy atom. The Labute approximate surface area is 115 Å². The number of rotatable bonds is 5. The van der Waals surface area contributed by atoms with Crippen LogP contribution in [0.2, 0.25) is 10.0 Å². The highest BCUT2D eigenvalue weighted by atomic mass is 35.5. The number of benzene rings is 1. The summed E-state index contributed by atoms with van der Waals surface area (Å²) >= 11 is 11.6. The van der Waals surface area contributed by atoms with Crippen molar-refractivity contribution in [2.75, 3.05) is 16.9 Å². The van der Waals surface area contributed by atoms with Crippen molar-refractivity contribution in [3.63, 3.8) is 0 Å². The molecule has 0 saturated heterocycles. The third-order valence-corrected chi connectivity index (χ3v) is 4.28. The maximum absolute atomic E-state index is 11.3. The molecule has 100 valence electrons. The van der Waals surface area contributed by atoms with Crippen LogP contribution in [-0.2, 0) is 9.84 Å². The van der Waals surface area contributed by atoms with Gasteiger partial charge >= 0.3 is 5.97 Å². The quantitative estimate of drug-likeness (QED) is 0.873. The molecule has 0 aromatic heterocycles. The van der Waals surface area contributed by atoms with Crippen LogP contribution in [0.5, 0.6) is 0 Å². The molecule has 0 fully saturated rings. The summed E-state index contributed by atoms with van der Waals surface area (Å²) in [5.41, 5.74) is -0.000783. The predicted molar refractivity (Wildman–Crippen MR) is 71.4 cm³/mol. The Hall–Kier alpha value is -0.980. The molecule has 1 rings (SSSR count). The molecule has 0 unspecified atom stereocenters. The van der Waals surface area contributed by atoms with E-state index in [1.807, 2.05) is 0 Å². The number of carboxylic acid groups (broad SMARTS) is 1. The van der Waals surface area contributed by atoms with Crippen LogP contribution < -0.4 is 5.32 Å². The maximum Gasteiger partial charge on any atom is 0.337 e. The van der Waals surface area contributed by atoms with E-state index >= 15 is 0 Å². The summed E-state index contributed by atoms with van der Waals surface area (Å²) in [5.74, 6) is -1.59. The zero-order valence-corrected chi connectivity index (χ0v) is 11.7. The van der Waals surface area contributed by atoms with E-state index in [1.165, 1.54) is 19.1 Å². The van der Waals surface area contributed by atoms with Gasteiger partial charge in [0.15, 0.2) is 9.84 Å². The summed E-state index contributed by atoms with van der Waals surface area (Å²) in [4.78, 5) is 10.9. The zero-order valence-electron chi connectivity index (χ0n) is 9.41. The second-order valence-corrected chi connectivity index (χ2v) is 6.64. The molecule has 1 aromatic carbocycles. The Balaban J connectivity index is 3.07. The number of carboxylic acids is 1. The van der Waals surface area contributed by atoms with E-state index in [0.29, 0.717) is 0 Å². The number of hydrogen-bond donors (Lipinski definition) is 2. The van der Waals surface area contributed by atoms with E-state index in [0.717, 1.165) is 0 Å². The number of carbonyl (C=O) groups is 1. The highest BCUT2D eigenvalue weighted by molar-refractivity contribution is 7.91. The number of halogens is 2. The summed E-state index contributed by atoms with van der Waals surface area (Å²) < 4.78 is 22.7. The molecular weight excluding hydrogens is 301 g/mol. The Bertz CT molecular complexity index is 571. The van der Waals surface area contributed by atoms with Gasteiger partial charge in [-0.15, -0.1) is 0 Å². The van der Waals surface area contributed by atoms with Gasteiger partial charge in [0.2, 0.25) is 0 Å². The van der Waals surface area contributed by atoms with Crippen molar-refractivity contribution in [2.45, 2.75) is 6.92 Å². The largest absolute Gasteiger partial charge is 0.478 e. The Morgan fingerprint density at radius 3 is 2.50 bits per heavy atom. The van der Waals surface area contributed by atoms with Gasteiger partial charge in [-0.05, 0) is 12.1 Å². The van der Waals surface area contributed by atoms with E-state index in [9.17, 15) is 13.2 Å². The second-order valence-electron chi connectivity index (χ2n) is 3.47. The molecule has 0 heterocycles. The summed E-state index contributed by atoms with van der Waals surface area (Å²) in [6, 6.07) is 2.58. The van der Waals surface area contributed by atoms with Crippen LogP contribution >= 0.6 is 23.2 Å². The van der Waals surface area contributed by atoms with E-state index in [-0.39, 0.29) is 32.9 Å². The van der Waals surface area contributed by atoms with Gasteiger partial charge in [-0.1, -0.05) is 30.1 Å². The van der Waals surface area contributed by atoms with Crippen LogP contribution in [0, 0.1) is 0 Å². The second kappa shape index (κ2) is 5.77. The van der Waals surface area contributed by atoms with Gasteiger partial charge in [0.05, 0.1) is 16.3 Å². The van der Waals surface area contributed by atoms with Crippen molar-refractivity contribution >= 4 is 44.7 Å². The molecule has 0 saturated carbocycles. The third-order valence-electron chi connectivity index (χ3n) is 2.19. The van der Waals surface area contributed by atoms with Crippen molar-refractivity contribution in [2.24, 2.45) is 0 Å². The van der Waals surface area contributed by atoms with Crippen molar-refractivity contribution in [1.29, 1.82) is 0 Å². The number of aromatic carboxylic acids is 1. The minimum atomic E-state index is -3.24. The van der Waals surface area contributed by atoms with Crippen LogP contribution in [0.4, 0.5) is 5.69 Å². The lowest BCUT2D eigenvalue weighted by Crippen LogP contribution is -2.16. The fourth-order valence-electron chi connectivity index (χ4n) is 1.16. The summed E-state index contributed by atoms with van der Waals surface area (Å²) in [6.07, 6.45) is 0. The molecule has 0 radical (unpaired) electrons. The molecule has 18 heavy (non-hydrogen) atoms. The monoisotopic (exact) mass is 311 g/mol. The molecule has 0 aliphatic carbocycles.